The molecule has 1 amide bonds. The van der Waals surface area contributed by atoms with Gasteiger partial charge in [-0.15, -0.1) is 0 Å². The van der Waals surface area contributed by atoms with Crippen molar-refractivity contribution in [3.63, 3.8) is 0 Å². The standard InChI is InChI=1S/C29H32ClN3O2/c1-31-28(34)20-22-5-2-6-23(19-22)27(24-7-3-15-32-21-24)8-4-16-33-17-13-29(35,14-18-33)25-9-11-26(30)12-10-25/h2-3,5-12,15,19,21,35H,4,13-14,16-18,20H2,1H3,(H,31,34)/b27-8-. The molecule has 182 valence electrons. The topological polar surface area (TPSA) is 65.5 Å². The number of carbonyl (C=O) groups is 1. The molecule has 2 N–H and O–H groups in total. The van der Waals surface area contributed by atoms with Crippen LogP contribution in [0.25, 0.3) is 5.57 Å². The Labute approximate surface area is 212 Å². The lowest BCUT2D eigenvalue weighted by atomic mass is 9.84. The quantitative estimate of drug-likeness (QED) is 0.475. The number of rotatable bonds is 8. The number of nitrogens with one attached hydrogen (secondary N) is 1. The first-order valence-corrected chi connectivity index (χ1v) is 12.5. The van der Waals surface area contributed by atoms with Gasteiger partial charge in [0.2, 0.25) is 5.91 Å². The number of halogens is 1. The SMILES string of the molecule is CNC(=O)Cc1cccc(/C(=C/CCN2CCC(O)(c3ccc(Cl)cc3)CC2)c2cccnc2)c1. The van der Waals surface area contributed by atoms with E-state index in [1.54, 1.807) is 13.2 Å². The van der Waals surface area contributed by atoms with Gasteiger partial charge in [-0.25, -0.2) is 0 Å². The zero-order valence-corrected chi connectivity index (χ0v) is 20.8. The summed E-state index contributed by atoms with van der Waals surface area (Å²) in [5.41, 5.74) is 4.39. The Morgan fingerprint density at radius 1 is 1.11 bits per heavy atom. The number of hydrogen-bond donors (Lipinski definition) is 2. The first-order chi connectivity index (χ1) is 17.0. The first-order valence-electron chi connectivity index (χ1n) is 12.1. The molecule has 0 radical (unpaired) electrons. The van der Waals surface area contributed by atoms with E-state index in [4.69, 9.17) is 11.6 Å². The smallest absolute Gasteiger partial charge is 0.224 e. The number of pyridine rings is 1. The second kappa shape index (κ2) is 11.6. The molecular weight excluding hydrogens is 458 g/mol. The van der Waals surface area contributed by atoms with Crippen LogP contribution in [0.4, 0.5) is 0 Å². The molecule has 2 heterocycles. The molecule has 2 aromatic carbocycles. The van der Waals surface area contributed by atoms with Crippen molar-refractivity contribution in [3.8, 4) is 0 Å². The van der Waals surface area contributed by atoms with Gasteiger partial charge in [-0.05, 0) is 59.7 Å². The van der Waals surface area contributed by atoms with Crippen molar-refractivity contribution in [1.29, 1.82) is 0 Å². The summed E-state index contributed by atoms with van der Waals surface area (Å²) in [7, 11) is 1.66. The zero-order valence-electron chi connectivity index (χ0n) is 20.1. The van der Waals surface area contributed by atoms with Gasteiger partial charge in [-0.3, -0.25) is 9.78 Å². The van der Waals surface area contributed by atoms with Crippen LogP contribution in [0.2, 0.25) is 5.02 Å². The number of likely N-dealkylation sites (N-methyl/N-ethyl adjacent to an activating group) is 1. The van der Waals surface area contributed by atoms with Crippen molar-refractivity contribution in [2.45, 2.75) is 31.3 Å². The van der Waals surface area contributed by atoms with Crippen LogP contribution in [0.15, 0.2) is 79.1 Å². The summed E-state index contributed by atoms with van der Waals surface area (Å²) >= 11 is 6.01. The Balaban J connectivity index is 1.44. The van der Waals surface area contributed by atoms with Gasteiger partial charge < -0.3 is 15.3 Å². The van der Waals surface area contributed by atoms with Crippen LogP contribution in [0, 0.1) is 0 Å². The van der Waals surface area contributed by atoms with Crippen molar-refractivity contribution in [2.24, 2.45) is 0 Å². The molecule has 1 aliphatic rings. The van der Waals surface area contributed by atoms with Gasteiger partial charge in [0.25, 0.3) is 0 Å². The van der Waals surface area contributed by atoms with Gasteiger partial charge in [0.1, 0.15) is 0 Å². The molecule has 0 aliphatic carbocycles. The highest BCUT2D eigenvalue weighted by Crippen LogP contribution is 2.33. The lowest BCUT2D eigenvalue weighted by molar-refractivity contribution is -0.119. The summed E-state index contributed by atoms with van der Waals surface area (Å²) in [6.45, 7) is 2.60. The maximum absolute atomic E-state index is 11.9. The van der Waals surface area contributed by atoms with Crippen molar-refractivity contribution in [3.05, 3.63) is 106 Å². The average molecular weight is 490 g/mol. The van der Waals surface area contributed by atoms with Gasteiger partial charge in [0.05, 0.1) is 12.0 Å². The molecule has 4 rings (SSSR count). The second-order valence-corrected chi connectivity index (χ2v) is 9.52. The molecule has 5 nitrogen and oxygen atoms in total. The number of nitrogens with zero attached hydrogens (tertiary/aromatic N) is 2. The Morgan fingerprint density at radius 2 is 1.86 bits per heavy atom. The van der Waals surface area contributed by atoms with E-state index >= 15 is 0 Å². The maximum atomic E-state index is 11.9. The van der Waals surface area contributed by atoms with E-state index < -0.39 is 5.60 Å². The highest BCUT2D eigenvalue weighted by Gasteiger charge is 2.33. The minimum atomic E-state index is -0.789. The van der Waals surface area contributed by atoms with Crippen molar-refractivity contribution in [2.75, 3.05) is 26.7 Å². The van der Waals surface area contributed by atoms with Crippen LogP contribution in [-0.2, 0) is 16.8 Å². The number of carbonyl (C=O) groups excluding carboxylic acids is 1. The normalized spacial score (nSPS) is 16.1. The number of amides is 1. The molecule has 1 aliphatic heterocycles. The third kappa shape index (κ3) is 6.57. The molecule has 0 bridgehead atoms. The Hall–Kier alpha value is -2.99. The van der Waals surface area contributed by atoms with Gasteiger partial charge in [0, 0.05) is 49.7 Å². The molecule has 0 atom stereocenters. The van der Waals surface area contributed by atoms with Gasteiger partial charge in [0.15, 0.2) is 0 Å². The fourth-order valence-electron chi connectivity index (χ4n) is 4.63. The third-order valence-corrected chi connectivity index (χ3v) is 6.96. The number of benzene rings is 2. The van der Waals surface area contributed by atoms with Crippen molar-refractivity contribution < 1.29 is 9.90 Å². The van der Waals surface area contributed by atoms with Gasteiger partial charge in [-0.1, -0.05) is 60.1 Å². The summed E-state index contributed by atoms with van der Waals surface area (Å²) in [6, 6.07) is 19.7. The number of aliphatic hydroxyl groups is 1. The van der Waals surface area contributed by atoms with E-state index in [1.807, 2.05) is 48.7 Å². The summed E-state index contributed by atoms with van der Waals surface area (Å²) in [5.74, 6) is -0.00212. The summed E-state index contributed by atoms with van der Waals surface area (Å²) < 4.78 is 0. The Bertz CT molecular complexity index is 1150. The summed E-state index contributed by atoms with van der Waals surface area (Å²) in [5, 5.41) is 14.5. The van der Waals surface area contributed by atoms with E-state index in [0.29, 0.717) is 24.3 Å². The molecular formula is C29H32ClN3O2. The molecule has 0 saturated carbocycles. The highest BCUT2D eigenvalue weighted by molar-refractivity contribution is 6.30. The van der Waals surface area contributed by atoms with Gasteiger partial charge in [-0.2, -0.15) is 0 Å². The number of aromatic nitrogens is 1. The molecule has 1 saturated heterocycles. The largest absolute Gasteiger partial charge is 0.385 e. The average Bonchev–Trinajstić information content (AvgIpc) is 2.88. The third-order valence-electron chi connectivity index (χ3n) is 6.71. The Morgan fingerprint density at radius 3 is 2.54 bits per heavy atom. The van der Waals surface area contributed by atoms with Crippen LogP contribution in [0.1, 0.15) is 41.5 Å². The van der Waals surface area contributed by atoms with Crippen LogP contribution in [0.3, 0.4) is 0 Å². The second-order valence-electron chi connectivity index (χ2n) is 9.08. The monoisotopic (exact) mass is 489 g/mol. The fourth-order valence-corrected chi connectivity index (χ4v) is 4.76. The fraction of sp³-hybridized carbons (Fsp3) is 0.310. The van der Waals surface area contributed by atoms with Gasteiger partial charge >= 0.3 is 0 Å². The molecule has 0 unspecified atom stereocenters. The lowest BCUT2D eigenvalue weighted by Crippen LogP contribution is -2.42. The lowest BCUT2D eigenvalue weighted by Gasteiger charge is -2.38. The number of piperidine rings is 1. The molecule has 3 aromatic rings. The van der Waals surface area contributed by atoms with E-state index in [2.05, 4.69) is 39.5 Å². The maximum Gasteiger partial charge on any atom is 0.224 e. The predicted molar refractivity (Wildman–Crippen MR) is 141 cm³/mol. The van der Waals surface area contributed by atoms with E-state index in [9.17, 15) is 9.90 Å². The van der Waals surface area contributed by atoms with E-state index in [-0.39, 0.29) is 5.91 Å². The van der Waals surface area contributed by atoms with Crippen LogP contribution in [0.5, 0.6) is 0 Å². The van der Waals surface area contributed by atoms with E-state index in [1.165, 1.54) is 0 Å². The first kappa shape index (κ1) is 25.1. The molecule has 0 spiro atoms. The van der Waals surface area contributed by atoms with Crippen LogP contribution < -0.4 is 5.32 Å². The zero-order chi connectivity index (χ0) is 24.7. The van der Waals surface area contributed by atoms with Crippen LogP contribution >= 0.6 is 11.6 Å². The molecule has 6 heteroatoms. The molecule has 1 fully saturated rings. The van der Waals surface area contributed by atoms with Crippen molar-refractivity contribution >= 4 is 23.1 Å². The predicted octanol–water partition coefficient (Wildman–Crippen LogP) is 4.83. The molecule has 1 aromatic heterocycles. The highest BCUT2D eigenvalue weighted by atomic mass is 35.5. The minimum absolute atomic E-state index is 0.00212. The van der Waals surface area contributed by atoms with E-state index in [0.717, 1.165) is 53.9 Å². The number of likely N-dealkylation sites (tertiary alicyclic amines) is 1. The minimum Gasteiger partial charge on any atom is -0.385 e. The summed E-state index contributed by atoms with van der Waals surface area (Å²) in [4.78, 5) is 18.6. The van der Waals surface area contributed by atoms with Crippen LogP contribution in [-0.4, -0.2) is 47.6 Å². The summed E-state index contributed by atoms with van der Waals surface area (Å²) in [6.07, 6.45) is 8.56. The Kier molecular flexibility index (Phi) is 8.34. The molecule has 35 heavy (non-hydrogen) atoms. The number of hydrogen-bond acceptors (Lipinski definition) is 4. The van der Waals surface area contributed by atoms with Crippen molar-refractivity contribution in [1.82, 2.24) is 15.2 Å².